The highest BCUT2D eigenvalue weighted by Crippen LogP contribution is 2.46. The average molecular weight is 1080 g/mol. The summed E-state index contributed by atoms with van der Waals surface area (Å²) in [6.45, 7) is 0. The van der Waals surface area contributed by atoms with E-state index in [4.69, 9.17) is 9.97 Å². The van der Waals surface area contributed by atoms with Gasteiger partial charge in [-0.05, 0) is 114 Å². The topological polar surface area (TPSA) is 43.8 Å². The quantitative estimate of drug-likeness (QED) is 0.160. The summed E-state index contributed by atoms with van der Waals surface area (Å²) in [6, 6.07) is 97.2. The summed E-state index contributed by atoms with van der Waals surface area (Å²) in [5, 5.41) is 13.3. The van der Waals surface area contributed by atoms with Gasteiger partial charge in [-0.15, -0.1) is 22.7 Å². The summed E-state index contributed by atoms with van der Waals surface area (Å²) in [4.78, 5) is 13.8. The molecule has 0 aliphatic carbocycles. The van der Waals surface area contributed by atoms with Gasteiger partial charge in [0.25, 0.3) is 0 Å². The molecule has 382 valence electrons. The third-order valence-corrected chi connectivity index (χ3v) is 19.2. The maximum atomic E-state index is 5.93. The van der Waals surface area contributed by atoms with E-state index in [9.17, 15) is 0 Å². The van der Waals surface area contributed by atoms with E-state index in [1.54, 1.807) is 0 Å². The number of anilines is 3. The zero-order chi connectivity index (χ0) is 53.6. The fourth-order valence-electron chi connectivity index (χ4n) is 13.2. The smallest absolute Gasteiger partial charge is 0.237 e. The first-order chi connectivity index (χ1) is 40.7. The first-order valence-electron chi connectivity index (χ1n) is 27.7. The average Bonchev–Trinajstić information content (AvgIpc) is 4.08. The number of nitrogens with zero attached hydrogens (tertiary/aromatic N) is 6. The predicted octanol–water partition coefficient (Wildman–Crippen LogP) is 20.8. The molecule has 0 amide bonds. The molecule has 6 nitrogen and oxygen atoms in total. The van der Waals surface area contributed by atoms with Crippen LogP contribution in [0.25, 0.3) is 145 Å². The molecule has 0 saturated heterocycles. The highest BCUT2D eigenvalue weighted by Gasteiger charge is 2.26. The number of thiophene rings is 2. The molecular weight excluding hydrogens is 1040 g/mol. The molecule has 18 aromatic rings. The van der Waals surface area contributed by atoms with Crippen LogP contribution in [0.15, 0.2) is 267 Å². The fourth-order valence-corrected chi connectivity index (χ4v) is 15.6. The van der Waals surface area contributed by atoms with Gasteiger partial charge >= 0.3 is 0 Å². The molecule has 8 heteroatoms. The van der Waals surface area contributed by atoms with Gasteiger partial charge in [0.15, 0.2) is 5.82 Å². The van der Waals surface area contributed by atoms with Crippen molar-refractivity contribution in [1.82, 2.24) is 23.7 Å². The molecule has 0 fully saturated rings. The summed E-state index contributed by atoms with van der Waals surface area (Å²) < 4.78 is 12.4. The van der Waals surface area contributed by atoms with Crippen LogP contribution in [0, 0.1) is 0 Å². The zero-order valence-electron chi connectivity index (χ0n) is 43.9. The second-order valence-electron chi connectivity index (χ2n) is 21.3. The minimum Gasteiger partial charge on any atom is -0.309 e. The predicted molar refractivity (Wildman–Crippen MR) is 348 cm³/mol. The molecule has 82 heavy (non-hydrogen) atoms. The van der Waals surface area contributed by atoms with Crippen molar-refractivity contribution in [3.05, 3.63) is 267 Å². The second-order valence-corrected chi connectivity index (χ2v) is 23.4. The Morgan fingerprint density at radius 1 is 0.293 bits per heavy atom. The monoisotopic (exact) mass is 1080 g/mol. The Labute approximate surface area is 477 Å². The van der Waals surface area contributed by atoms with Crippen LogP contribution >= 0.6 is 22.7 Å². The van der Waals surface area contributed by atoms with E-state index in [0.717, 1.165) is 72.6 Å². The fraction of sp³-hybridized carbons (Fsp3) is 0. The van der Waals surface area contributed by atoms with E-state index in [-0.39, 0.29) is 0 Å². The lowest BCUT2D eigenvalue weighted by Gasteiger charge is -2.25. The van der Waals surface area contributed by atoms with Crippen LogP contribution in [-0.4, -0.2) is 23.7 Å². The van der Waals surface area contributed by atoms with Gasteiger partial charge in [-0.1, -0.05) is 164 Å². The normalized spacial score (nSPS) is 12.1. The van der Waals surface area contributed by atoms with E-state index in [1.807, 2.05) is 22.7 Å². The van der Waals surface area contributed by atoms with Crippen molar-refractivity contribution >= 4 is 157 Å². The molecule has 0 bridgehead atoms. The highest BCUT2D eigenvalue weighted by atomic mass is 32.1. The Balaban J connectivity index is 0.908. The van der Waals surface area contributed by atoms with E-state index < -0.39 is 0 Å². The van der Waals surface area contributed by atoms with Crippen LogP contribution < -0.4 is 4.90 Å². The van der Waals surface area contributed by atoms with E-state index in [1.165, 1.54) is 83.8 Å². The van der Waals surface area contributed by atoms with Crippen LogP contribution in [-0.2, 0) is 0 Å². The summed E-state index contributed by atoms with van der Waals surface area (Å²) in [7, 11) is 0. The van der Waals surface area contributed by atoms with Gasteiger partial charge in [0.05, 0.1) is 44.3 Å². The van der Waals surface area contributed by atoms with E-state index >= 15 is 0 Å². The summed E-state index contributed by atoms with van der Waals surface area (Å²) in [6.07, 6.45) is 0. The highest BCUT2D eigenvalue weighted by molar-refractivity contribution is 7.27. The maximum absolute atomic E-state index is 5.93. The molecule has 0 aliphatic rings. The van der Waals surface area contributed by atoms with E-state index in [0.29, 0.717) is 5.95 Å². The van der Waals surface area contributed by atoms with Gasteiger partial charge < -0.3 is 9.13 Å². The van der Waals surface area contributed by atoms with Crippen LogP contribution in [0.4, 0.5) is 17.3 Å². The van der Waals surface area contributed by atoms with Crippen molar-refractivity contribution < 1.29 is 0 Å². The lowest BCUT2D eigenvalue weighted by Crippen LogP contribution is -2.15. The first-order valence-corrected chi connectivity index (χ1v) is 29.3. The number of aromatic nitrogens is 5. The SMILES string of the molecule is c1ccc(N(c2ccc3c4ccccc4n(-c4ccccc4)c3c2)c2nc(-n3c4ccccc4c4c5sc6ccccc6c5ccc43)c3cc(-n4c5ccccc5c5ccc(-c6ccc7c(c6)sc6ccccc67)cc54)ccc3n2)cc1. The van der Waals surface area contributed by atoms with E-state index in [2.05, 4.69) is 286 Å². The molecule has 0 spiro atoms. The molecule has 0 atom stereocenters. The summed E-state index contributed by atoms with van der Waals surface area (Å²) >= 11 is 3.73. The molecular formula is C74H44N6S2. The van der Waals surface area contributed by atoms with Gasteiger partial charge in [0, 0.05) is 95.1 Å². The molecule has 6 aromatic heterocycles. The summed E-state index contributed by atoms with van der Waals surface area (Å²) in [5.74, 6) is 1.36. The molecule has 0 unspecified atom stereocenters. The molecule has 0 radical (unpaired) electrons. The van der Waals surface area contributed by atoms with Crippen LogP contribution in [0.3, 0.4) is 0 Å². The van der Waals surface area contributed by atoms with Crippen LogP contribution in [0.2, 0.25) is 0 Å². The first kappa shape index (κ1) is 45.5. The Bertz CT molecular complexity index is 5670. The van der Waals surface area contributed by atoms with Gasteiger partial charge in [-0.25, -0.2) is 4.98 Å². The standard InChI is InChI=1S/C74H44N6S2/c1-3-17-47(18-4-1)77(50-33-37-54-52-22-7-12-26-62(52)78(67(54)44-50)48-19-5-2-6-20-48)74-75-61-39-34-49(43-60(61)73(76-74)80-64-28-14-9-25-59(64)71-65(80)40-38-58-56-24-11-16-30-69(56)82-72(58)71)79-63-27-13-8-21-51(63)53-35-31-45(41-66(53)79)46-32-36-57-55-23-10-15-29-68(55)81-70(57)42-46/h1-44H. The molecule has 0 saturated carbocycles. The Hall–Kier alpha value is -10.4. The minimum atomic E-state index is 0.564. The van der Waals surface area contributed by atoms with Crippen molar-refractivity contribution in [2.24, 2.45) is 0 Å². The third-order valence-electron chi connectivity index (χ3n) is 16.8. The lowest BCUT2D eigenvalue weighted by molar-refractivity contribution is 1.03. The van der Waals surface area contributed by atoms with Crippen molar-refractivity contribution in [2.45, 2.75) is 0 Å². The van der Waals surface area contributed by atoms with Crippen molar-refractivity contribution in [2.75, 3.05) is 4.90 Å². The maximum Gasteiger partial charge on any atom is 0.237 e. The number of hydrogen-bond donors (Lipinski definition) is 0. The van der Waals surface area contributed by atoms with Crippen molar-refractivity contribution in [3.8, 4) is 28.3 Å². The number of benzene rings is 12. The van der Waals surface area contributed by atoms with Crippen LogP contribution in [0.1, 0.15) is 0 Å². The third kappa shape index (κ3) is 6.67. The largest absolute Gasteiger partial charge is 0.309 e. The lowest BCUT2D eigenvalue weighted by atomic mass is 10.0. The van der Waals surface area contributed by atoms with Gasteiger partial charge in [0.1, 0.15) is 0 Å². The molecule has 6 heterocycles. The molecule has 12 aromatic carbocycles. The minimum absolute atomic E-state index is 0.564. The molecule has 18 rings (SSSR count). The number of para-hydroxylation sites is 5. The molecule has 0 N–H and O–H groups in total. The van der Waals surface area contributed by atoms with Gasteiger partial charge in [0.2, 0.25) is 5.95 Å². The van der Waals surface area contributed by atoms with Gasteiger partial charge in [-0.2, -0.15) is 4.98 Å². The number of rotatable bonds is 7. The van der Waals surface area contributed by atoms with Crippen molar-refractivity contribution in [3.63, 3.8) is 0 Å². The number of fused-ring (bicyclic) bond motifs is 17. The molecule has 0 aliphatic heterocycles. The van der Waals surface area contributed by atoms with Gasteiger partial charge in [-0.3, -0.25) is 9.47 Å². The van der Waals surface area contributed by atoms with Crippen molar-refractivity contribution in [1.29, 1.82) is 0 Å². The summed E-state index contributed by atoms with van der Waals surface area (Å²) in [5.41, 5.74) is 13.9. The number of hydrogen-bond acceptors (Lipinski definition) is 5. The zero-order valence-corrected chi connectivity index (χ0v) is 45.5. The Morgan fingerprint density at radius 2 is 0.829 bits per heavy atom. The Morgan fingerprint density at radius 3 is 1.57 bits per heavy atom. The second kappa shape index (κ2) is 17.6. The Kier molecular flexibility index (Phi) is 9.74. The van der Waals surface area contributed by atoms with Crippen LogP contribution in [0.5, 0.6) is 0 Å².